The molecule has 1 aliphatic rings. The van der Waals surface area contributed by atoms with Gasteiger partial charge in [0.2, 0.25) is 5.91 Å². The van der Waals surface area contributed by atoms with Gasteiger partial charge in [0.25, 0.3) is 0 Å². The van der Waals surface area contributed by atoms with Crippen LogP contribution in [0.15, 0.2) is 0 Å². The molecule has 3 nitrogen and oxygen atoms in total. The van der Waals surface area contributed by atoms with Gasteiger partial charge in [0.05, 0.1) is 10.9 Å². The van der Waals surface area contributed by atoms with Crippen LogP contribution in [0.3, 0.4) is 0 Å². The first-order chi connectivity index (χ1) is 8.26. The molecule has 0 aromatic carbocycles. The van der Waals surface area contributed by atoms with Gasteiger partial charge in [-0.25, -0.2) is 0 Å². The Kier molecular flexibility index (Phi) is 4.95. The summed E-state index contributed by atoms with van der Waals surface area (Å²) in [5.41, 5.74) is 5.45. The molecule has 18 heavy (non-hydrogen) atoms. The lowest BCUT2D eigenvalue weighted by Gasteiger charge is -2.27. The lowest BCUT2D eigenvalue weighted by atomic mass is 10.0. The third-order valence-corrected chi connectivity index (χ3v) is 3.12. The van der Waals surface area contributed by atoms with Crippen molar-refractivity contribution in [1.82, 2.24) is 4.90 Å². The third kappa shape index (κ3) is 4.44. The van der Waals surface area contributed by atoms with Crippen molar-refractivity contribution >= 4 is 23.1 Å². The lowest BCUT2D eigenvalue weighted by molar-refractivity contribution is -0.163. The highest BCUT2D eigenvalue weighted by Gasteiger charge is 2.42. The van der Waals surface area contributed by atoms with E-state index in [4.69, 9.17) is 18.0 Å². The highest BCUT2D eigenvalue weighted by Crippen LogP contribution is 2.32. The van der Waals surface area contributed by atoms with Crippen LogP contribution in [0.2, 0.25) is 0 Å². The summed E-state index contributed by atoms with van der Waals surface area (Å²) in [6, 6.07) is -0.298. The Labute approximate surface area is 109 Å². The van der Waals surface area contributed by atoms with Crippen molar-refractivity contribution in [1.29, 1.82) is 0 Å². The molecule has 0 aromatic rings. The van der Waals surface area contributed by atoms with Gasteiger partial charge in [0.1, 0.15) is 6.54 Å². The number of halogens is 3. The van der Waals surface area contributed by atoms with Gasteiger partial charge in [0, 0.05) is 6.04 Å². The van der Waals surface area contributed by atoms with E-state index in [2.05, 4.69) is 0 Å². The number of rotatable bonds is 6. The molecule has 104 valence electrons. The molecule has 7 heteroatoms. The lowest BCUT2D eigenvalue weighted by Crippen LogP contribution is -2.46. The van der Waals surface area contributed by atoms with E-state index in [0.717, 1.165) is 4.90 Å². The van der Waals surface area contributed by atoms with Crippen LogP contribution < -0.4 is 5.73 Å². The van der Waals surface area contributed by atoms with Crippen LogP contribution in [-0.4, -0.2) is 34.6 Å². The van der Waals surface area contributed by atoms with Crippen LogP contribution in [0.25, 0.3) is 0 Å². The van der Waals surface area contributed by atoms with E-state index in [-0.39, 0.29) is 11.0 Å². The summed E-state index contributed by atoms with van der Waals surface area (Å²) in [7, 11) is 0. The molecule has 1 amide bonds. The Morgan fingerprint density at radius 3 is 2.39 bits per heavy atom. The Balaban J connectivity index is 2.77. The molecule has 0 heterocycles. The van der Waals surface area contributed by atoms with E-state index in [9.17, 15) is 18.0 Å². The van der Waals surface area contributed by atoms with Crippen molar-refractivity contribution in [3.8, 4) is 0 Å². The summed E-state index contributed by atoms with van der Waals surface area (Å²) >= 11 is 4.78. The van der Waals surface area contributed by atoms with Crippen LogP contribution >= 0.6 is 12.2 Å². The van der Waals surface area contributed by atoms with Crippen molar-refractivity contribution < 1.29 is 18.0 Å². The molecule has 1 saturated carbocycles. The Morgan fingerprint density at radius 1 is 1.50 bits per heavy atom. The van der Waals surface area contributed by atoms with Gasteiger partial charge < -0.3 is 10.6 Å². The minimum Gasteiger partial charge on any atom is -0.393 e. The zero-order chi connectivity index (χ0) is 13.9. The fourth-order valence-electron chi connectivity index (χ4n) is 1.84. The van der Waals surface area contributed by atoms with E-state index < -0.39 is 24.5 Å². The molecule has 0 spiro atoms. The summed E-state index contributed by atoms with van der Waals surface area (Å²) in [5, 5.41) is 0. The second-order valence-electron chi connectivity index (χ2n) is 4.56. The standard InChI is InChI=1S/C11H17F3N2OS/c1-2-3-8(9(15)18)10(17)16(7-4-5-7)6-11(12,13)14/h7-8H,2-6H2,1H3,(H2,15,18). The molecule has 0 bridgehead atoms. The monoisotopic (exact) mass is 282 g/mol. The van der Waals surface area contributed by atoms with Gasteiger partial charge in [-0.3, -0.25) is 4.79 Å². The average molecular weight is 282 g/mol. The highest BCUT2D eigenvalue weighted by molar-refractivity contribution is 7.80. The molecule has 1 aliphatic carbocycles. The first-order valence-electron chi connectivity index (χ1n) is 5.92. The van der Waals surface area contributed by atoms with Gasteiger partial charge in [-0.15, -0.1) is 0 Å². The topological polar surface area (TPSA) is 46.3 Å². The SMILES string of the molecule is CCCC(C(=O)N(CC(F)(F)F)C1CC1)C(N)=S. The van der Waals surface area contributed by atoms with E-state index in [1.165, 1.54) is 0 Å². The average Bonchev–Trinajstić information content (AvgIpc) is 3.03. The number of carbonyl (C=O) groups is 1. The molecule has 1 atom stereocenters. The molecule has 0 aliphatic heterocycles. The maximum absolute atomic E-state index is 12.4. The van der Waals surface area contributed by atoms with Gasteiger partial charge in [-0.1, -0.05) is 25.6 Å². The number of hydrogen-bond donors (Lipinski definition) is 1. The zero-order valence-corrected chi connectivity index (χ0v) is 11.0. The predicted octanol–water partition coefficient (Wildman–Crippen LogP) is 2.24. The van der Waals surface area contributed by atoms with E-state index >= 15 is 0 Å². The van der Waals surface area contributed by atoms with Crippen molar-refractivity contribution in [2.45, 2.75) is 44.8 Å². The molecular weight excluding hydrogens is 265 g/mol. The normalized spacial score (nSPS) is 17.3. The second-order valence-corrected chi connectivity index (χ2v) is 5.03. The number of carbonyl (C=O) groups excluding carboxylic acids is 1. The van der Waals surface area contributed by atoms with Crippen LogP contribution in [-0.2, 0) is 4.79 Å². The van der Waals surface area contributed by atoms with Crippen LogP contribution in [0.5, 0.6) is 0 Å². The van der Waals surface area contributed by atoms with Gasteiger partial charge in [0.15, 0.2) is 0 Å². The van der Waals surface area contributed by atoms with Crippen LogP contribution in [0, 0.1) is 5.92 Å². The van der Waals surface area contributed by atoms with Crippen molar-refractivity contribution in [3.63, 3.8) is 0 Å². The summed E-state index contributed by atoms with van der Waals surface area (Å²) in [6.45, 7) is 0.628. The predicted molar refractivity (Wildman–Crippen MR) is 66.0 cm³/mol. The van der Waals surface area contributed by atoms with Crippen molar-refractivity contribution in [2.24, 2.45) is 11.7 Å². The number of nitrogens with zero attached hydrogens (tertiary/aromatic N) is 1. The van der Waals surface area contributed by atoms with Gasteiger partial charge >= 0.3 is 6.18 Å². The maximum atomic E-state index is 12.4. The Bertz CT molecular complexity index is 329. The van der Waals surface area contributed by atoms with Crippen molar-refractivity contribution in [2.75, 3.05) is 6.54 Å². The molecule has 1 unspecified atom stereocenters. The van der Waals surface area contributed by atoms with E-state index in [0.29, 0.717) is 25.7 Å². The number of nitrogens with two attached hydrogens (primary N) is 1. The van der Waals surface area contributed by atoms with Crippen molar-refractivity contribution in [3.05, 3.63) is 0 Å². The van der Waals surface area contributed by atoms with Gasteiger partial charge in [-0.05, 0) is 19.3 Å². The number of amides is 1. The number of alkyl halides is 3. The Morgan fingerprint density at radius 2 is 2.06 bits per heavy atom. The highest BCUT2D eigenvalue weighted by atomic mass is 32.1. The molecule has 0 aromatic heterocycles. The first kappa shape index (κ1) is 15.2. The van der Waals surface area contributed by atoms with Crippen LogP contribution in [0.1, 0.15) is 32.6 Å². The maximum Gasteiger partial charge on any atom is 0.406 e. The number of thiocarbonyl (C=S) groups is 1. The summed E-state index contributed by atoms with van der Waals surface area (Å²) < 4.78 is 37.3. The largest absolute Gasteiger partial charge is 0.406 e. The second kappa shape index (κ2) is 5.86. The molecule has 0 radical (unpaired) electrons. The van der Waals surface area contributed by atoms with E-state index in [1.807, 2.05) is 6.92 Å². The molecule has 1 fully saturated rings. The molecule has 0 saturated heterocycles. The quantitative estimate of drug-likeness (QED) is 0.760. The summed E-state index contributed by atoms with van der Waals surface area (Å²) in [4.78, 5) is 13.0. The summed E-state index contributed by atoms with van der Waals surface area (Å²) in [6.07, 6.45) is -2.09. The molecule has 2 N–H and O–H groups in total. The number of hydrogen-bond acceptors (Lipinski definition) is 2. The zero-order valence-electron chi connectivity index (χ0n) is 10.2. The smallest absolute Gasteiger partial charge is 0.393 e. The molecular formula is C11H17F3N2OS. The fourth-order valence-corrected chi connectivity index (χ4v) is 2.06. The third-order valence-electron chi connectivity index (χ3n) is 2.84. The fraction of sp³-hybridized carbons (Fsp3) is 0.818. The van der Waals surface area contributed by atoms with E-state index in [1.54, 1.807) is 0 Å². The molecule has 1 rings (SSSR count). The Hall–Kier alpha value is -0.850. The van der Waals surface area contributed by atoms with Gasteiger partial charge in [-0.2, -0.15) is 13.2 Å². The minimum atomic E-state index is -4.38. The summed E-state index contributed by atoms with van der Waals surface area (Å²) in [5.74, 6) is -1.35. The first-order valence-corrected chi connectivity index (χ1v) is 6.33. The minimum absolute atomic E-state index is 0.0188. The van der Waals surface area contributed by atoms with Crippen LogP contribution in [0.4, 0.5) is 13.2 Å².